The maximum Gasteiger partial charge on any atom is 0.239 e. The van der Waals surface area contributed by atoms with Crippen LogP contribution in [0.2, 0.25) is 0 Å². The third-order valence-electron chi connectivity index (χ3n) is 2.22. The predicted molar refractivity (Wildman–Crippen MR) is 83.3 cm³/mol. The number of halogens is 2. The fourth-order valence-corrected chi connectivity index (χ4v) is 2.16. The molecule has 0 saturated heterocycles. The van der Waals surface area contributed by atoms with E-state index in [0.717, 1.165) is 33.1 Å². The van der Waals surface area contributed by atoms with E-state index in [0.29, 0.717) is 6.54 Å². The van der Waals surface area contributed by atoms with Gasteiger partial charge < -0.3 is 10.6 Å². The van der Waals surface area contributed by atoms with Crippen molar-refractivity contribution in [1.29, 1.82) is 0 Å². The van der Waals surface area contributed by atoms with Crippen LogP contribution in [0.4, 0.5) is 5.69 Å². The lowest BCUT2D eigenvalue weighted by atomic mass is 10.3. The Bertz CT molecular complexity index is 385. The van der Waals surface area contributed by atoms with Gasteiger partial charge in [0.2, 0.25) is 5.91 Å². The molecule has 17 heavy (non-hydrogen) atoms. The van der Waals surface area contributed by atoms with Crippen LogP contribution in [-0.2, 0) is 4.79 Å². The summed E-state index contributed by atoms with van der Waals surface area (Å²) >= 11 is 5.65. The molecule has 0 radical (unpaired) electrons. The number of rotatable bonds is 6. The first kappa shape index (κ1) is 14.8. The molecule has 0 spiro atoms. The average molecular weight is 411 g/mol. The zero-order valence-electron chi connectivity index (χ0n) is 9.72. The second-order valence-corrected chi connectivity index (χ2v) is 5.76. The van der Waals surface area contributed by atoms with Gasteiger partial charge in [-0.3, -0.25) is 4.79 Å². The van der Waals surface area contributed by atoms with E-state index in [9.17, 15) is 4.79 Å². The minimum atomic E-state index is 0.0363. The number of nitrogens with one attached hydrogen (secondary N) is 2. The van der Waals surface area contributed by atoms with Gasteiger partial charge in [-0.15, -0.1) is 0 Å². The van der Waals surface area contributed by atoms with E-state index in [2.05, 4.69) is 56.1 Å². The smallest absolute Gasteiger partial charge is 0.239 e. The highest BCUT2D eigenvalue weighted by molar-refractivity contribution is 14.1. The second-order valence-electron chi connectivity index (χ2n) is 3.68. The zero-order valence-corrected chi connectivity index (χ0v) is 13.5. The van der Waals surface area contributed by atoms with Gasteiger partial charge in [0, 0.05) is 20.3 Å². The average Bonchev–Trinajstić information content (AvgIpc) is 2.31. The van der Waals surface area contributed by atoms with Crippen LogP contribution in [0.5, 0.6) is 0 Å². The molecule has 0 unspecified atom stereocenters. The lowest BCUT2D eigenvalue weighted by molar-refractivity contribution is -0.119. The summed E-state index contributed by atoms with van der Waals surface area (Å²) in [4.78, 5) is 11.5. The summed E-state index contributed by atoms with van der Waals surface area (Å²) in [6.07, 6.45) is 2.12. The van der Waals surface area contributed by atoms with E-state index in [1.165, 1.54) is 0 Å². The Balaban J connectivity index is 2.39. The van der Waals surface area contributed by atoms with Crippen LogP contribution in [0.3, 0.4) is 0 Å². The molecule has 1 aromatic rings. The minimum Gasteiger partial charge on any atom is -0.375 e. The first-order chi connectivity index (χ1) is 8.13. The largest absolute Gasteiger partial charge is 0.375 e. The molecule has 1 rings (SSSR count). The van der Waals surface area contributed by atoms with Gasteiger partial charge in [0.1, 0.15) is 0 Å². The first-order valence-corrected chi connectivity index (χ1v) is 7.46. The summed E-state index contributed by atoms with van der Waals surface area (Å²) in [5.74, 6) is 0.0363. The third kappa shape index (κ3) is 5.72. The summed E-state index contributed by atoms with van der Waals surface area (Å²) < 4.78 is 2.11. The lowest BCUT2D eigenvalue weighted by Gasteiger charge is -2.09. The molecule has 0 heterocycles. The quantitative estimate of drug-likeness (QED) is 0.557. The van der Waals surface area contributed by atoms with Gasteiger partial charge >= 0.3 is 0 Å². The summed E-state index contributed by atoms with van der Waals surface area (Å²) in [6.45, 7) is 3.18. The Labute approximate surface area is 124 Å². The molecule has 0 saturated carbocycles. The van der Waals surface area contributed by atoms with Gasteiger partial charge in [0.15, 0.2) is 0 Å². The van der Waals surface area contributed by atoms with Crippen molar-refractivity contribution >= 4 is 50.1 Å². The van der Waals surface area contributed by atoms with Crippen LogP contribution >= 0.6 is 38.5 Å². The molecule has 0 aliphatic rings. The number of carbonyl (C=O) groups excluding carboxylic acids is 1. The number of anilines is 1. The van der Waals surface area contributed by atoms with Crippen LogP contribution in [0.15, 0.2) is 22.7 Å². The van der Waals surface area contributed by atoms with Crippen molar-refractivity contribution in [2.75, 3.05) is 18.4 Å². The van der Waals surface area contributed by atoms with Crippen molar-refractivity contribution in [3.05, 3.63) is 26.2 Å². The molecule has 0 aromatic heterocycles. The lowest BCUT2D eigenvalue weighted by Crippen LogP contribution is -2.30. The van der Waals surface area contributed by atoms with Gasteiger partial charge in [0.05, 0.1) is 6.54 Å². The van der Waals surface area contributed by atoms with Gasteiger partial charge in [-0.1, -0.05) is 29.3 Å². The summed E-state index contributed by atoms with van der Waals surface area (Å²) in [6, 6.07) is 5.96. The number of amides is 1. The van der Waals surface area contributed by atoms with Crippen LogP contribution in [-0.4, -0.2) is 19.0 Å². The summed E-state index contributed by atoms with van der Waals surface area (Å²) in [5.41, 5.74) is 0.977. The van der Waals surface area contributed by atoms with Crippen LogP contribution in [0.25, 0.3) is 0 Å². The highest BCUT2D eigenvalue weighted by Gasteiger charge is 2.03. The SMILES string of the molecule is CCCCNC(=O)CNc1cc(Br)ccc1I. The third-order valence-corrected chi connectivity index (χ3v) is 3.65. The standard InChI is InChI=1S/C12H16BrIN2O/c1-2-3-6-15-12(17)8-16-11-7-9(13)4-5-10(11)14/h4-5,7,16H,2-3,6,8H2,1H3,(H,15,17). The first-order valence-electron chi connectivity index (χ1n) is 5.59. The van der Waals surface area contributed by atoms with E-state index in [4.69, 9.17) is 0 Å². The van der Waals surface area contributed by atoms with Crippen molar-refractivity contribution in [2.45, 2.75) is 19.8 Å². The molecule has 0 bridgehead atoms. The molecule has 94 valence electrons. The van der Waals surface area contributed by atoms with Crippen molar-refractivity contribution in [3.8, 4) is 0 Å². The predicted octanol–water partition coefficient (Wildman–Crippen LogP) is 3.38. The Morgan fingerprint density at radius 1 is 1.47 bits per heavy atom. The van der Waals surface area contributed by atoms with Crippen LogP contribution in [0.1, 0.15) is 19.8 Å². The topological polar surface area (TPSA) is 41.1 Å². The van der Waals surface area contributed by atoms with Gasteiger partial charge in [-0.25, -0.2) is 0 Å². The number of hydrogen-bond donors (Lipinski definition) is 2. The summed E-state index contributed by atoms with van der Waals surface area (Å²) in [5, 5.41) is 6.00. The fraction of sp³-hybridized carbons (Fsp3) is 0.417. The van der Waals surface area contributed by atoms with E-state index >= 15 is 0 Å². The Kier molecular flexibility index (Phi) is 6.87. The van der Waals surface area contributed by atoms with Crippen molar-refractivity contribution in [3.63, 3.8) is 0 Å². The molecular weight excluding hydrogens is 395 g/mol. The van der Waals surface area contributed by atoms with Crippen molar-refractivity contribution in [1.82, 2.24) is 5.32 Å². The molecular formula is C12H16BrIN2O. The maximum atomic E-state index is 11.5. The molecule has 1 aromatic carbocycles. The molecule has 0 fully saturated rings. The van der Waals surface area contributed by atoms with E-state index < -0.39 is 0 Å². The number of benzene rings is 1. The number of hydrogen-bond acceptors (Lipinski definition) is 2. The highest BCUT2D eigenvalue weighted by Crippen LogP contribution is 2.22. The van der Waals surface area contributed by atoms with E-state index in [1.807, 2.05) is 18.2 Å². The van der Waals surface area contributed by atoms with E-state index in [-0.39, 0.29) is 5.91 Å². The molecule has 5 heteroatoms. The molecule has 3 nitrogen and oxygen atoms in total. The molecule has 0 atom stereocenters. The molecule has 1 amide bonds. The van der Waals surface area contributed by atoms with Crippen LogP contribution < -0.4 is 10.6 Å². The number of carbonyl (C=O) groups is 1. The number of unbranched alkanes of at least 4 members (excludes halogenated alkanes) is 1. The van der Waals surface area contributed by atoms with Crippen molar-refractivity contribution < 1.29 is 4.79 Å². The van der Waals surface area contributed by atoms with Crippen molar-refractivity contribution in [2.24, 2.45) is 0 Å². The molecule has 0 aliphatic carbocycles. The molecule has 0 aliphatic heterocycles. The Morgan fingerprint density at radius 3 is 2.94 bits per heavy atom. The fourth-order valence-electron chi connectivity index (χ4n) is 1.28. The Morgan fingerprint density at radius 2 is 2.24 bits per heavy atom. The van der Waals surface area contributed by atoms with E-state index in [1.54, 1.807) is 0 Å². The van der Waals surface area contributed by atoms with Gasteiger partial charge in [-0.2, -0.15) is 0 Å². The van der Waals surface area contributed by atoms with Gasteiger partial charge in [-0.05, 0) is 47.2 Å². The van der Waals surface area contributed by atoms with Gasteiger partial charge in [0.25, 0.3) is 0 Å². The Hall–Kier alpha value is -0.300. The molecule has 2 N–H and O–H groups in total. The monoisotopic (exact) mass is 410 g/mol. The highest BCUT2D eigenvalue weighted by atomic mass is 127. The van der Waals surface area contributed by atoms with Crippen LogP contribution in [0, 0.1) is 3.57 Å². The normalized spacial score (nSPS) is 10.1. The zero-order chi connectivity index (χ0) is 12.7. The minimum absolute atomic E-state index is 0.0363. The second kappa shape index (κ2) is 7.92. The maximum absolute atomic E-state index is 11.5. The summed E-state index contributed by atoms with van der Waals surface area (Å²) in [7, 11) is 0.